The van der Waals surface area contributed by atoms with E-state index in [0.29, 0.717) is 11.8 Å². The van der Waals surface area contributed by atoms with Gasteiger partial charge in [-0.2, -0.15) is 0 Å². The van der Waals surface area contributed by atoms with E-state index in [0.717, 1.165) is 25.7 Å². The number of aliphatic hydroxyl groups excluding tert-OH is 1. The maximum absolute atomic E-state index is 9.37. The van der Waals surface area contributed by atoms with Crippen molar-refractivity contribution in [2.45, 2.75) is 43.4 Å². The third-order valence-electron chi connectivity index (χ3n) is 3.96. The zero-order valence-corrected chi connectivity index (χ0v) is 9.05. The van der Waals surface area contributed by atoms with E-state index in [1.807, 2.05) is 0 Å². The van der Waals surface area contributed by atoms with Gasteiger partial charge < -0.3 is 15.6 Å². The number of nitrogens with two attached hydrogens (primary N) is 1. The number of rotatable bonds is 1. The van der Waals surface area contributed by atoms with Crippen LogP contribution in [0.5, 0.6) is 0 Å². The summed E-state index contributed by atoms with van der Waals surface area (Å²) >= 11 is 0. The van der Waals surface area contributed by atoms with Gasteiger partial charge in [-0.25, -0.2) is 0 Å². The molecule has 4 bridgehead atoms. The molecule has 4 heteroatoms. The lowest BCUT2D eigenvalue weighted by Gasteiger charge is -2.60. The minimum Gasteiger partial charge on any atom is -0.393 e. The Hall–Kier alpha value is 0.170. The number of ether oxygens (including phenoxy) is 1. The standard InChI is InChI=1S/C10H17NO2.ClH/c11-10-4-7-1-8(5-10)3-9(2-7,6-12)13-10;/h7-8,12H,1-6,11H2;1H. The van der Waals surface area contributed by atoms with Crippen LogP contribution in [0.3, 0.4) is 0 Å². The Bertz CT molecular complexity index is 232. The molecular weight excluding hydrogens is 202 g/mol. The van der Waals surface area contributed by atoms with Crippen LogP contribution in [0.2, 0.25) is 0 Å². The van der Waals surface area contributed by atoms with Gasteiger partial charge in [0.2, 0.25) is 0 Å². The van der Waals surface area contributed by atoms with Gasteiger partial charge in [0.25, 0.3) is 0 Å². The van der Waals surface area contributed by atoms with Crippen molar-refractivity contribution in [1.29, 1.82) is 0 Å². The molecule has 14 heavy (non-hydrogen) atoms. The first-order valence-electron chi connectivity index (χ1n) is 5.23. The molecule has 2 saturated heterocycles. The van der Waals surface area contributed by atoms with Gasteiger partial charge >= 0.3 is 0 Å². The molecule has 0 radical (unpaired) electrons. The quantitative estimate of drug-likeness (QED) is 0.693. The highest BCUT2D eigenvalue weighted by atomic mass is 35.5. The third-order valence-corrected chi connectivity index (χ3v) is 3.96. The molecule has 2 aliphatic heterocycles. The predicted molar refractivity (Wildman–Crippen MR) is 55.1 cm³/mol. The van der Waals surface area contributed by atoms with Crippen molar-refractivity contribution in [3.05, 3.63) is 0 Å². The molecule has 2 heterocycles. The van der Waals surface area contributed by atoms with Crippen LogP contribution >= 0.6 is 12.4 Å². The van der Waals surface area contributed by atoms with Crippen LogP contribution in [0.4, 0.5) is 0 Å². The molecule has 0 aromatic heterocycles. The second-order valence-corrected chi connectivity index (χ2v) is 5.29. The van der Waals surface area contributed by atoms with E-state index in [1.54, 1.807) is 0 Å². The van der Waals surface area contributed by atoms with Crippen LogP contribution in [0.25, 0.3) is 0 Å². The molecule has 2 aliphatic carbocycles. The van der Waals surface area contributed by atoms with Crippen LogP contribution in [0.1, 0.15) is 32.1 Å². The van der Waals surface area contributed by atoms with Crippen molar-refractivity contribution in [2.24, 2.45) is 17.6 Å². The summed E-state index contributed by atoms with van der Waals surface area (Å²) in [5, 5.41) is 9.37. The Kier molecular flexibility index (Phi) is 2.35. The van der Waals surface area contributed by atoms with Crippen molar-refractivity contribution >= 4 is 12.4 Å². The maximum atomic E-state index is 9.37. The van der Waals surface area contributed by atoms with E-state index < -0.39 is 5.72 Å². The summed E-state index contributed by atoms with van der Waals surface area (Å²) < 4.78 is 5.88. The van der Waals surface area contributed by atoms with Crippen molar-refractivity contribution in [2.75, 3.05) is 6.61 Å². The zero-order valence-electron chi connectivity index (χ0n) is 8.24. The van der Waals surface area contributed by atoms with Gasteiger partial charge in [-0.3, -0.25) is 0 Å². The molecule has 0 aromatic rings. The van der Waals surface area contributed by atoms with Crippen LogP contribution in [-0.2, 0) is 4.74 Å². The average Bonchev–Trinajstić information content (AvgIpc) is 1.99. The van der Waals surface area contributed by atoms with Crippen LogP contribution in [0.15, 0.2) is 0 Å². The zero-order chi connectivity index (χ0) is 9.10. The van der Waals surface area contributed by atoms with Gasteiger partial charge in [0, 0.05) is 0 Å². The topological polar surface area (TPSA) is 55.5 Å². The van der Waals surface area contributed by atoms with E-state index in [2.05, 4.69) is 0 Å². The molecule has 4 fully saturated rings. The monoisotopic (exact) mass is 219 g/mol. The van der Waals surface area contributed by atoms with E-state index in [1.165, 1.54) is 6.42 Å². The predicted octanol–water partition coefficient (Wildman–Crippen LogP) is 1.03. The fourth-order valence-electron chi connectivity index (χ4n) is 3.90. The lowest BCUT2D eigenvalue weighted by molar-refractivity contribution is -0.281. The Morgan fingerprint density at radius 2 is 1.79 bits per heavy atom. The highest BCUT2D eigenvalue weighted by molar-refractivity contribution is 5.85. The molecule has 2 saturated carbocycles. The summed E-state index contributed by atoms with van der Waals surface area (Å²) in [5.74, 6) is 1.41. The van der Waals surface area contributed by atoms with Crippen LogP contribution in [-0.4, -0.2) is 23.0 Å². The highest BCUT2D eigenvalue weighted by Crippen LogP contribution is 2.55. The van der Waals surface area contributed by atoms with Gasteiger partial charge in [0.1, 0.15) is 5.72 Å². The molecule has 2 unspecified atom stereocenters. The summed E-state index contributed by atoms with van der Waals surface area (Å²) in [4.78, 5) is 0. The third kappa shape index (κ3) is 1.38. The number of hydrogen-bond acceptors (Lipinski definition) is 3. The summed E-state index contributed by atoms with van der Waals surface area (Å²) in [6.45, 7) is 0.152. The lowest BCUT2D eigenvalue weighted by atomic mass is 9.60. The summed E-state index contributed by atoms with van der Waals surface area (Å²) in [6.07, 6.45) is 5.37. The minimum atomic E-state index is -0.396. The molecule has 82 valence electrons. The average molecular weight is 220 g/mol. The van der Waals surface area contributed by atoms with Crippen LogP contribution < -0.4 is 5.73 Å². The molecule has 0 aromatic carbocycles. The fourth-order valence-corrected chi connectivity index (χ4v) is 3.90. The second kappa shape index (κ2) is 3.08. The van der Waals surface area contributed by atoms with Crippen LogP contribution in [0, 0.1) is 11.8 Å². The summed E-state index contributed by atoms with van der Waals surface area (Å²) in [5.41, 5.74) is 5.49. The lowest BCUT2D eigenvalue weighted by Crippen LogP contribution is -2.66. The highest BCUT2D eigenvalue weighted by Gasteiger charge is 2.57. The van der Waals surface area contributed by atoms with Gasteiger partial charge in [0.15, 0.2) is 0 Å². The first-order valence-corrected chi connectivity index (χ1v) is 5.23. The largest absolute Gasteiger partial charge is 0.393 e. The van der Waals surface area contributed by atoms with E-state index in [9.17, 15) is 5.11 Å². The SMILES string of the molecule is Cl.NC12CC3CC(C1)CC(CO)(C3)O2. The molecule has 0 amide bonds. The maximum Gasteiger partial charge on any atom is 0.118 e. The second-order valence-electron chi connectivity index (χ2n) is 5.29. The Morgan fingerprint density at radius 3 is 2.21 bits per heavy atom. The van der Waals surface area contributed by atoms with Gasteiger partial charge in [-0.05, 0) is 43.9 Å². The first-order chi connectivity index (χ1) is 6.13. The van der Waals surface area contributed by atoms with Crippen molar-refractivity contribution in [3.63, 3.8) is 0 Å². The van der Waals surface area contributed by atoms with E-state index in [-0.39, 0.29) is 24.6 Å². The Balaban J connectivity index is 0.000000750. The molecule has 0 spiro atoms. The van der Waals surface area contributed by atoms with Gasteiger partial charge in [-0.15, -0.1) is 12.4 Å². The van der Waals surface area contributed by atoms with Gasteiger partial charge in [0.05, 0.1) is 12.2 Å². The Labute approximate surface area is 90.4 Å². The first kappa shape index (κ1) is 10.7. The van der Waals surface area contributed by atoms with E-state index in [4.69, 9.17) is 10.5 Å². The van der Waals surface area contributed by atoms with Crippen molar-refractivity contribution < 1.29 is 9.84 Å². The normalized spacial score (nSPS) is 54.4. The molecule has 3 nitrogen and oxygen atoms in total. The van der Waals surface area contributed by atoms with Crippen molar-refractivity contribution in [1.82, 2.24) is 0 Å². The Morgan fingerprint density at radius 1 is 1.21 bits per heavy atom. The molecule has 3 N–H and O–H groups in total. The minimum absolute atomic E-state index is 0. The molecule has 2 atom stereocenters. The summed E-state index contributed by atoms with van der Waals surface area (Å²) in [7, 11) is 0. The summed E-state index contributed by atoms with van der Waals surface area (Å²) in [6, 6.07) is 0. The molecule has 4 aliphatic rings. The molecule has 4 rings (SSSR count). The number of hydrogen-bond donors (Lipinski definition) is 2. The number of halogens is 1. The van der Waals surface area contributed by atoms with Gasteiger partial charge in [-0.1, -0.05) is 0 Å². The smallest absolute Gasteiger partial charge is 0.118 e. The number of aliphatic hydroxyl groups is 1. The molecular formula is C10H18ClNO2. The van der Waals surface area contributed by atoms with Crippen molar-refractivity contribution in [3.8, 4) is 0 Å². The fraction of sp³-hybridized carbons (Fsp3) is 1.00. The van der Waals surface area contributed by atoms with E-state index >= 15 is 0 Å².